The van der Waals surface area contributed by atoms with Crippen molar-refractivity contribution in [3.05, 3.63) is 0 Å². The van der Waals surface area contributed by atoms with Crippen molar-refractivity contribution in [3.63, 3.8) is 0 Å². The summed E-state index contributed by atoms with van der Waals surface area (Å²) >= 11 is 0. The van der Waals surface area contributed by atoms with Gasteiger partial charge in [0.05, 0.1) is 13.2 Å². The van der Waals surface area contributed by atoms with Crippen LogP contribution in [0.3, 0.4) is 0 Å². The number of hydrogen-bond acceptors (Lipinski definition) is 6. The van der Waals surface area contributed by atoms with E-state index in [0.29, 0.717) is 19.7 Å². The van der Waals surface area contributed by atoms with Gasteiger partial charge in [-0.1, -0.05) is 0 Å². The molecule has 1 aliphatic heterocycles. The summed E-state index contributed by atoms with van der Waals surface area (Å²) in [5.74, 6) is -1.00. The van der Waals surface area contributed by atoms with Crippen LogP contribution in [0.25, 0.3) is 0 Å². The zero-order chi connectivity index (χ0) is 15.0. The van der Waals surface area contributed by atoms with E-state index in [1.54, 1.807) is 18.9 Å². The summed E-state index contributed by atoms with van der Waals surface area (Å²) in [5.41, 5.74) is 5.64. The predicted molar refractivity (Wildman–Crippen MR) is 74.1 cm³/mol. The first-order valence-electron chi connectivity index (χ1n) is 7.02. The SMILES string of the molecule is CCOC(=O)C(N)C(=O)N1CCCN(CCOC)CC1. The number of carbonyl (C=O) groups excluding carboxylic acids is 2. The quantitative estimate of drug-likeness (QED) is 0.501. The van der Waals surface area contributed by atoms with Crippen molar-refractivity contribution in [1.82, 2.24) is 9.80 Å². The van der Waals surface area contributed by atoms with Gasteiger partial charge in [0.2, 0.25) is 0 Å². The van der Waals surface area contributed by atoms with E-state index in [1.807, 2.05) is 0 Å². The number of amides is 1. The Morgan fingerprint density at radius 1 is 1.25 bits per heavy atom. The second-order valence-electron chi connectivity index (χ2n) is 4.74. The van der Waals surface area contributed by atoms with E-state index in [1.165, 1.54) is 0 Å². The van der Waals surface area contributed by atoms with Crippen LogP contribution in [-0.4, -0.2) is 80.8 Å². The maximum Gasteiger partial charge on any atom is 0.332 e. The van der Waals surface area contributed by atoms with Crippen molar-refractivity contribution in [2.45, 2.75) is 19.4 Å². The van der Waals surface area contributed by atoms with E-state index in [0.717, 1.165) is 26.1 Å². The summed E-state index contributed by atoms with van der Waals surface area (Å²) in [6.07, 6.45) is 0.866. The van der Waals surface area contributed by atoms with E-state index in [-0.39, 0.29) is 12.5 Å². The van der Waals surface area contributed by atoms with Gasteiger partial charge in [0.15, 0.2) is 6.04 Å². The van der Waals surface area contributed by atoms with E-state index < -0.39 is 12.0 Å². The van der Waals surface area contributed by atoms with Crippen molar-refractivity contribution in [2.75, 3.05) is 53.0 Å². The highest BCUT2D eigenvalue weighted by atomic mass is 16.5. The number of rotatable bonds is 6. The first kappa shape index (κ1) is 16.9. The molecule has 0 radical (unpaired) electrons. The highest BCUT2D eigenvalue weighted by Gasteiger charge is 2.29. The molecule has 1 rings (SSSR count). The second-order valence-corrected chi connectivity index (χ2v) is 4.74. The van der Waals surface area contributed by atoms with Crippen molar-refractivity contribution < 1.29 is 19.1 Å². The van der Waals surface area contributed by atoms with Gasteiger partial charge in [0, 0.05) is 33.3 Å². The molecule has 7 heteroatoms. The van der Waals surface area contributed by atoms with E-state index in [9.17, 15) is 9.59 Å². The lowest BCUT2D eigenvalue weighted by atomic mass is 10.2. The second kappa shape index (κ2) is 8.89. The summed E-state index contributed by atoms with van der Waals surface area (Å²) in [4.78, 5) is 27.5. The summed E-state index contributed by atoms with van der Waals surface area (Å²) in [6.45, 7) is 6.33. The average molecular weight is 287 g/mol. The van der Waals surface area contributed by atoms with Crippen LogP contribution in [0.5, 0.6) is 0 Å². The summed E-state index contributed by atoms with van der Waals surface area (Å²) < 4.78 is 9.84. The lowest BCUT2D eigenvalue weighted by Gasteiger charge is -2.23. The molecule has 1 atom stereocenters. The fourth-order valence-corrected chi connectivity index (χ4v) is 2.16. The predicted octanol–water partition coefficient (Wildman–Crippen LogP) is -0.942. The lowest BCUT2D eigenvalue weighted by molar-refractivity contribution is -0.150. The minimum absolute atomic E-state index is 0.227. The van der Waals surface area contributed by atoms with Crippen LogP contribution in [-0.2, 0) is 19.1 Å². The molecule has 0 saturated carbocycles. The van der Waals surface area contributed by atoms with Gasteiger partial charge in [0.1, 0.15) is 0 Å². The van der Waals surface area contributed by atoms with Crippen molar-refractivity contribution in [1.29, 1.82) is 0 Å². The third-order valence-electron chi connectivity index (χ3n) is 3.32. The van der Waals surface area contributed by atoms with Crippen molar-refractivity contribution >= 4 is 11.9 Å². The Hall–Kier alpha value is -1.18. The minimum atomic E-state index is -1.21. The minimum Gasteiger partial charge on any atom is -0.464 e. The maximum atomic E-state index is 12.1. The van der Waals surface area contributed by atoms with Gasteiger partial charge in [-0.25, -0.2) is 4.79 Å². The topological polar surface area (TPSA) is 85.1 Å². The third-order valence-corrected chi connectivity index (χ3v) is 3.32. The molecule has 2 N–H and O–H groups in total. The molecule has 0 aromatic rings. The summed E-state index contributed by atoms with van der Waals surface area (Å²) in [5, 5.41) is 0. The number of methoxy groups -OCH3 is 1. The Balaban J connectivity index is 2.47. The van der Waals surface area contributed by atoms with Crippen molar-refractivity contribution in [3.8, 4) is 0 Å². The molecular weight excluding hydrogens is 262 g/mol. The normalized spacial score (nSPS) is 18.4. The monoisotopic (exact) mass is 287 g/mol. The van der Waals surface area contributed by atoms with Crippen LogP contribution in [0.15, 0.2) is 0 Å². The Kier molecular flexibility index (Phi) is 7.50. The van der Waals surface area contributed by atoms with Gasteiger partial charge >= 0.3 is 5.97 Å². The molecule has 1 saturated heterocycles. The van der Waals surface area contributed by atoms with Gasteiger partial charge < -0.3 is 20.1 Å². The Morgan fingerprint density at radius 2 is 2.00 bits per heavy atom. The smallest absolute Gasteiger partial charge is 0.332 e. The molecule has 1 amide bonds. The Morgan fingerprint density at radius 3 is 2.65 bits per heavy atom. The van der Waals surface area contributed by atoms with Crippen LogP contribution >= 0.6 is 0 Å². The standard InChI is InChI=1S/C13H25N3O4/c1-3-20-13(18)11(14)12(17)16-6-4-5-15(7-8-16)9-10-19-2/h11H,3-10,14H2,1-2H3. The highest BCUT2D eigenvalue weighted by Crippen LogP contribution is 2.05. The van der Waals surface area contributed by atoms with Gasteiger partial charge in [-0.05, 0) is 19.9 Å². The largest absolute Gasteiger partial charge is 0.464 e. The van der Waals surface area contributed by atoms with Gasteiger partial charge in [-0.3, -0.25) is 9.69 Å². The van der Waals surface area contributed by atoms with Gasteiger partial charge in [-0.2, -0.15) is 0 Å². The van der Waals surface area contributed by atoms with Crippen LogP contribution < -0.4 is 5.73 Å². The van der Waals surface area contributed by atoms with E-state index in [4.69, 9.17) is 15.2 Å². The van der Waals surface area contributed by atoms with Crippen LogP contribution in [0.2, 0.25) is 0 Å². The number of ether oxygens (including phenoxy) is 2. The zero-order valence-electron chi connectivity index (χ0n) is 12.3. The van der Waals surface area contributed by atoms with E-state index >= 15 is 0 Å². The molecule has 7 nitrogen and oxygen atoms in total. The number of esters is 1. The van der Waals surface area contributed by atoms with Gasteiger partial charge in [-0.15, -0.1) is 0 Å². The molecule has 0 aliphatic carbocycles. The fourth-order valence-electron chi connectivity index (χ4n) is 2.16. The lowest BCUT2D eigenvalue weighted by Crippen LogP contribution is -2.50. The maximum absolute atomic E-state index is 12.1. The molecule has 1 aliphatic rings. The van der Waals surface area contributed by atoms with E-state index in [2.05, 4.69) is 4.90 Å². The molecule has 1 fully saturated rings. The first-order chi connectivity index (χ1) is 9.60. The molecule has 20 heavy (non-hydrogen) atoms. The van der Waals surface area contributed by atoms with Crippen LogP contribution in [0, 0.1) is 0 Å². The first-order valence-corrected chi connectivity index (χ1v) is 7.02. The summed E-state index contributed by atoms with van der Waals surface area (Å²) in [7, 11) is 1.67. The Labute approximate surface area is 120 Å². The molecule has 1 heterocycles. The molecule has 0 bridgehead atoms. The molecule has 116 valence electrons. The Bertz CT molecular complexity index is 325. The van der Waals surface area contributed by atoms with Crippen LogP contribution in [0.4, 0.5) is 0 Å². The molecular formula is C13H25N3O4. The number of nitrogens with two attached hydrogens (primary N) is 1. The number of carbonyl (C=O) groups is 2. The number of nitrogens with zero attached hydrogens (tertiary/aromatic N) is 2. The fraction of sp³-hybridized carbons (Fsp3) is 0.846. The van der Waals surface area contributed by atoms with Crippen LogP contribution in [0.1, 0.15) is 13.3 Å². The summed E-state index contributed by atoms with van der Waals surface area (Å²) in [6, 6.07) is -1.21. The molecule has 0 spiro atoms. The molecule has 1 unspecified atom stereocenters. The highest BCUT2D eigenvalue weighted by molar-refractivity contribution is 6.01. The molecule has 0 aromatic carbocycles. The average Bonchev–Trinajstić information content (AvgIpc) is 2.69. The van der Waals surface area contributed by atoms with Crippen molar-refractivity contribution in [2.24, 2.45) is 5.73 Å². The van der Waals surface area contributed by atoms with Gasteiger partial charge in [0.25, 0.3) is 5.91 Å². The number of hydrogen-bond donors (Lipinski definition) is 1. The zero-order valence-corrected chi connectivity index (χ0v) is 12.3. The third kappa shape index (κ3) is 5.07. The molecule has 0 aromatic heterocycles.